The lowest BCUT2D eigenvalue weighted by Crippen LogP contribution is -2.32. The fraction of sp³-hybridized carbons (Fsp3) is 0.0952. The minimum absolute atomic E-state index is 0.311. The number of hydrogen-bond donors (Lipinski definition) is 3. The first-order chi connectivity index (χ1) is 13.6. The van der Waals surface area contributed by atoms with E-state index in [2.05, 4.69) is 10.6 Å². The Morgan fingerprint density at radius 2 is 1.89 bits per heavy atom. The van der Waals surface area contributed by atoms with Crippen LogP contribution in [0.2, 0.25) is 5.02 Å². The highest BCUT2D eigenvalue weighted by molar-refractivity contribution is 6.30. The van der Waals surface area contributed by atoms with Crippen molar-refractivity contribution in [2.45, 2.75) is 12.7 Å². The number of nitrogens with zero attached hydrogens (tertiary/aromatic N) is 1. The first kappa shape index (κ1) is 18.2. The quantitative estimate of drug-likeness (QED) is 0.611. The lowest BCUT2D eigenvalue weighted by atomic mass is 10.1. The van der Waals surface area contributed by atoms with Crippen LogP contribution in [0.4, 0.5) is 16.2 Å². The van der Waals surface area contributed by atoms with Gasteiger partial charge in [-0.3, -0.25) is 0 Å². The predicted molar refractivity (Wildman–Crippen MR) is 110 cm³/mol. The molecule has 0 fully saturated rings. The molecule has 1 aliphatic rings. The van der Waals surface area contributed by atoms with Crippen molar-refractivity contribution >= 4 is 29.0 Å². The maximum atomic E-state index is 12.1. The number of anilines is 2. The number of nitrogens with one attached hydrogen (secondary N) is 2. The second-order valence-corrected chi connectivity index (χ2v) is 6.82. The molecule has 0 radical (unpaired) electrons. The Morgan fingerprint density at radius 3 is 2.71 bits per heavy atom. The lowest BCUT2D eigenvalue weighted by molar-refractivity contribution is 0.251. The summed E-state index contributed by atoms with van der Waals surface area (Å²) in [4.78, 5) is 18.0. The molecule has 0 spiro atoms. The van der Waals surface area contributed by atoms with Gasteiger partial charge in [-0.05, 0) is 42.0 Å². The lowest BCUT2D eigenvalue weighted by Gasteiger charge is -2.22. The summed E-state index contributed by atoms with van der Waals surface area (Å²) in [6, 6.07) is 22.0. The van der Waals surface area contributed by atoms with Crippen LogP contribution in [0.3, 0.4) is 0 Å². The van der Waals surface area contributed by atoms with Gasteiger partial charge in [0.25, 0.3) is 0 Å². The molecule has 28 heavy (non-hydrogen) atoms. The monoisotopic (exact) mass is 394 g/mol. The van der Waals surface area contributed by atoms with E-state index in [1.807, 2.05) is 48.5 Å². The fourth-order valence-corrected chi connectivity index (χ4v) is 3.23. The minimum Gasteiger partial charge on any atom is -0.377 e. The smallest absolute Gasteiger partial charge is 0.319 e. The fourth-order valence-electron chi connectivity index (χ4n) is 3.04. The van der Waals surface area contributed by atoms with Crippen molar-refractivity contribution in [3.8, 4) is 5.75 Å². The first-order valence-electron chi connectivity index (χ1n) is 8.81. The Labute approximate surface area is 167 Å². The van der Waals surface area contributed by atoms with Crippen LogP contribution in [0.25, 0.3) is 0 Å². The third-order valence-electron chi connectivity index (χ3n) is 4.39. The summed E-state index contributed by atoms with van der Waals surface area (Å²) in [7, 11) is 0. The number of hydrogen-bond acceptors (Lipinski definition) is 4. The molecule has 1 unspecified atom stereocenters. The van der Waals surface area contributed by atoms with Gasteiger partial charge in [0, 0.05) is 22.8 Å². The van der Waals surface area contributed by atoms with E-state index in [4.69, 9.17) is 22.2 Å². The van der Waals surface area contributed by atoms with E-state index in [0.29, 0.717) is 17.3 Å². The summed E-state index contributed by atoms with van der Waals surface area (Å²) >= 11 is 5.93. The van der Waals surface area contributed by atoms with Crippen LogP contribution in [0, 0.1) is 0 Å². The average molecular weight is 395 g/mol. The van der Waals surface area contributed by atoms with Gasteiger partial charge in [-0.15, -0.1) is 0 Å². The van der Waals surface area contributed by atoms with Crippen molar-refractivity contribution in [2.24, 2.45) is 5.73 Å². The molecule has 4 N–H and O–H groups in total. The topological polar surface area (TPSA) is 79.6 Å². The van der Waals surface area contributed by atoms with Crippen LogP contribution in [-0.4, -0.2) is 6.03 Å². The molecule has 0 bridgehead atoms. The second kappa shape index (κ2) is 7.80. The van der Waals surface area contributed by atoms with E-state index in [9.17, 15) is 4.79 Å². The molecule has 3 aromatic carbocycles. The molecule has 0 saturated carbocycles. The zero-order chi connectivity index (χ0) is 19.5. The maximum Gasteiger partial charge on any atom is 0.319 e. The number of urea groups is 1. The SMILES string of the molecule is NC1c2ccccc2ON1c1cccc(CNC(=O)Nc2cccc(Cl)c2)c1. The van der Waals surface area contributed by atoms with Crippen molar-refractivity contribution in [1.29, 1.82) is 0 Å². The van der Waals surface area contributed by atoms with Crippen molar-refractivity contribution in [1.82, 2.24) is 5.32 Å². The Morgan fingerprint density at radius 1 is 1.07 bits per heavy atom. The number of carbonyl (C=O) groups excluding carboxylic acids is 1. The predicted octanol–water partition coefficient (Wildman–Crippen LogP) is 4.43. The largest absolute Gasteiger partial charge is 0.377 e. The van der Waals surface area contributed by atoms with E-state index in [1.54, 1.807) is 29.3 Å². The number of nitrogens with two attached hydrogens (primary N) is 1. The Kier molecular flexibility index (Phi) is 5.06. The number of rotatable bonds is 4. The van der Waals surface area contributed by atoms with E-state index in [0.717, 1.165) is 22.6 Å². The molecule has 6 nitrogen and oxygen atoms in total. The zero-order valence-corrected chi connectivity index (χ0v) is 15.7. The number of halogens is 1. The van der Waals surface area contributed by atoms with Gasteiger partial charge in [-0.25, -0.2) is 4.79 Å². The second-order valence-electron chi connectivity index (χ2n) is 6.39. The van der Waals surface area contributed by atoms with Gasteiger partial charge in [0.15, 0.2) is 5.75 Å². The normalized spacial score (nSPS) is 14.9. The van der Waals surface area contributed by atoms with Crippen LogP contribution in [0.15, 0.2) is 72.8 Å². The number of hydroxylamine groups is 1. The highest BCUT2D eigenvalue weighted by Crippen LogP contribution is 2.37. The van der Waals surface area contributed by atoms with Gasteiger partial charge in [0.05, 0.1) is 5.69 Å². The number of benzene rings is 3. The Balaban J connectivity index is 1.40. The minimum atomic E-state index is -0.384. The molecule has 3 aromatic rings. The Bertz CT molecular complexity index is 1010. The van der Waals surface area contributed by atoms with Crippen LogP contribution in [0.5, 0.6) is 5.75 Å². The van der Waals surface area contributed by atoms with Crippen LogP contribution >= 0.6 is 11.6 Å². The molecule has 1 aliphatic heterocycles. The summed E-state index contributed by atoms with van der Waals surface area (Å²) in [6.07, 6.45) is -0.384. The molecule has 1 heterocycles. The molecule has 0 saturated heterocycles. The van der Waals surface area contributed by atoms with Gasteiger partial charge >= 0.3 is 6.03 Å². The van der Waals surface area contributed by atoms with Gasteiger partial charge in [0.2, 0.25) is 0 Å². The molecule has 142 valence electrons. The van der Waals surface area contributed by atoms with Gasteiger partial charge in [-0.2, -0.15) is 5.06 Å². The van der Waals surface area contributed by atoms with Crippen molar-refractivity contribution in [3.05, 3.63) is 88.9 Å². The summed E-state index contributed by atoms with van der Waals surface area (Å²) in [5.74, 6) is 0.749. The van der Waals surface area contributed by atoms with E-state index in [1.165, 1.54) is 0 Å². The molecule has 0 aliphatic carbocycles. The number of fused-ring (bicyclic) bond motifs is 1. The van der Waals surface area contributed by atoms with Crippen molar-refractivity contribution in [2.75, 3.05) is 10.4 Å². The third kappa shape index (κ3) is 3.88. The van der Waals surface area contributed by atoms with Gasteiger partial charge in [-0.1, -0.05) is 48.0 Å². The summed E-state index contributed by atoms with van der Waals surface area (Å²) in [6.45, 7) is 0.357. The number of amides is 2. The van der Waals surface area contributed by atoms with E-state index in [-0.39, 0.29) is 12.2 Å². The van der Waals surface area contributed by atoms with Crippen molar-refractivity contribution < 1.29 is 9.63 Å². The number of carbonyl (C=O) groups is 1. The highest BCUT2D eigenvalue weighted by Gasteiger charge is 2.29. The summed E-state index contributed by atoms with van der Waals surface area (Å²) in [5, 5.41) is 7.81. The Hall–Kier alpha value is -3.22. The molecule has 2 amide bonds. The van der Waals surface area contributed by atoms with E-state index >= 15 is 0 Å². The van der Waals surface area contributed by atoms with E-state index < -0.39 is 0 Å². The summed E-state index contributed by atoms with van der Waals surface area (Å²) in [5.41, 5.74) is 9.61. The highest BCUT2D eigenvalue weighted by atomic mass is 35.5. The molecule has 1 atom stereocenters. The van der Waals surface area contributed by atoms with Crippen LogP contribution in [-0.2, 0) is 6.54 Å². The molecule has 0 aromatic heterocycles. The van der Waals surface area contributed by atoms with Crippen LogP contribution < -0.4 is 26.3 Å². The molecule has 4 rings (SSSR count). The maximum absolute atomic E-state index is 12.1. The van der Waals surface area contributed by atoms with Gasteiger partial charge < -0.3 is 21.2 Å². The zero-order valence-electron chi connectivity index (χ0n) is 14.9. The molecule has 7 heteroatoms. The average Bonchev–Trinajstić information content (AvgIpc) is 3.04. The molecular formula is C21H19ClN4O2. The van der Waals surface area contributed by atoms with Crippen molar-refractivity contribution in [3.63, 3.8) is 0 Å². The first-order valence-corrected chi connectivity index (χ1v) is 9.19. The van der Waals surface area contributed by atoms with Gasteiger partial charge in [0.1, 0.15) is 6.17 Å². The third-order valence-corrected chi connectivity index (χ3v) is 4.62. The standard InChI is InChI=1S/C21H19ClN4O2/c22-15-6-4-7-16(12-15)25-21(27)24-13-14-5-3-8-17(11-14)26-20(23)18-9-1-2-10-19(18)28-26/h1-12,20H,13,23H2,(H2,24,25,27). The molecular weight excluding hydrogens is 376 g/mol. The summed E-state index contributed by atoms with van der Waals surface area (Å²) < 4.78 is 0. The van der Waals surface area contributed by atoms with Crippen LogP contribution in [0.1, 0.15) is 17.3 Å². The number of para-hydroxylation sites is 1.